The molecule has 6 heteroatoms. The highest BCUT2D eigenvalue weighted by Crippen LogP contribution is 2.28. The molecule has 1 aromatic carbocycles. The van der Waals surface area contributed by atoms with Crippen molar-refractivity contribution in [1.29, 1.82) is 0 Å². The number of pyridine rings is 1. The molecule has 0 aliphatic rings. The van der Waals surface area contributed by atoms with Gasteiger partial charge >= 0.3 is 0 Å². The van der Waals surface area contributed by atoms with Crippen LogP contribution in [0.4, 0.5) is 10.1 Å². The summed E-state index contributed by atoms with van der Waals surface area (Å²) in [6.07, 6.45) is 3.42. The van der Waals surface area contributed by atoms with E-state index >= 15 is 0 Å². The standard InChI is InChI=1S/C15H12BrFN4/c1-9-4-5-19-14(6-9)21-8-13(18)15(20-21)10-2-3-12(17)11(16)7-10/h2-8H,18H2,1H3. The minimum absolute atomic E-state index is 0.322. The van der Waals surface area contributed by atoms with Crippen molar-refractivity contribution in [2.24, 2.45) is 0 Å². The molecular weight excluding hydrogens is 335 g/mol. The third-order valence-electron chi connectivity index (χ3n) is 3.07. The molecule has 2 heterocycles. The average Bonchev–Trinajstić information content (AvgIpc) is 2.84. The van der Waals surface area contributed by atoms with Gasteiger partial charge in [0.2, 0.25) is 0 Å². The predicted octanol–water partition coefficient (Wildman–Crippen LogP) is 3.73. The summed E-state index contributed by atoms with van der Waals surface area (Å²) in [4.78, 5) is 4.27. The number of hydrogen-bond acceptors (Lipinski definition) is 3. The van der Waals surface area contributed by atoms with Gasteiger partial charge in [-0.1, -0.05) is 0 Å². The van der Waals surface area contributed by atoms with Crippen LogP contribution in [0, 0.1) is 12.7 Å². The Hall–Kier alpha value is -2.21. The predicted molar refractivity (Wildman–Crippen MR) is 83.6 cm³/mol. The number of benzene rings is 1. The second-order valence-electron chi connectivity index (χ2n) is 4.70. The molecule has 0 saturated carbocycles. The molecule has 3 rings (SSSR count). The van der Waals surface area contributed by atoms with Gasteiger partial charge in [0.1, 0.15) is 11.5 Å². The van der Waals surface area contributed by atoms with Crippen molar-refractivity contribution >= 4 is 21.6 Å². The molecule has 3 aromatic rings. The number of anilines is 1. The van der Waals surface area contributed by atoms with E-state index in [4.69, 9.17) is 5.73 Å². The maximum atomic E-state index is 13.3. The smallest absolute Gasteiger partial charge is 0.153 e. The topological polar surface area (TPSA) is 56.7 Å². The van der Waals surface area contributed by atoms with Gasteiger partial charge in [0, 0.05) is 11.8 Å². The molecular formula is C15H12BrFN4. The second kappa shape index (κ2) is 5.29. The van der Waals surface area contributed by atoms with Crippen LogP contribution in [-0.2, 0) is 0 Å². The van der Waals surface area contributed by atoms with E-state index in [9.17, 15) is 4.39 Å². The molecule has 4 nitrogen and oxygen atoms in total. The maximum Gasteiger partial charge on any atom is 0.153 e. The van der Waals surface area contributed by atoms with Crippen molar-refractivity contribution in [1.82, 2.24) is 14.8 Å². The number of nitrogens with two attached hydrogens (primary N) is 1. The summed E-state index contributed by atoms with van der Waals surface area (Å²) in [6.45, 7) is 1.98. The van der Waals surface area contributed by atoms with Crippen LogP contribution in [0.2, 0.25) is 0 Å². The van der Waals surface area contributed by atoms with Crippen LogP contribution in [-0.4, -0.2) is 14.8 Å². The highest BCUT2D eigenvalue weighted by atomic mass is 79.9. The highest BCUT2D eigenvalue weighted by molar-refractivity contribution is 9.10. The molecule has 2 N–H and O–H groups in total. The van der Waals surface area contributed by atoms with E-state index in [1.807, 2.05) is 19.1 Å². The summed E-state index contributed by atoms with van der Waals surface area (Å²) in [5.41, 5.74) is 8.95. The van der Waals surface area contributed by atoms with Crippen LogP contribution in [0.15, 0.2) is 47.2 Å². The zero-order valence-electron chi connectivity index (χ0n) is 11.2. The number of nitrogen functional groups attached to an aromatic ring is 1. The molecule has 0 unspecified atom stereocenters. The molecule has 0 atom stereocenters. The van der Waals surface area contributed by atoms with E-state index in [1.165, 1.54) is 6.07 Å². The summed E-state index contributed by atoms with van der Waals surface area (Å²) in [5, 5.41) is 4.45. The van der Waals surface area contributed by atoms with E-state index < -0.39 is 0 Å². The normalized spacial score (nSPS) is 10.8. The Morgan fingerprint density at radius 3 is 2.76 bits per heavy atom. The summed E-state index contributed by atoms with van der Waals surface area (Å²) in [7, 11) is 0. The Kier molecular flexibility index (Phi) is 3.47. The molecule has 0 aliphatic heterocycles. The quantitative estimate of drug-likeness (QED) is 0.769. The Morgan fingerprint density at radius 2 is 2.05 bits per heavy atom. The van der Waals surface area contributed by atoms with Crippen LogP contribution in [0.3, 0.4) is 0 Å². The van der Waals surface area contributed by atoms with Crippen molar-refractivity contribution in [3.8, 4) is 17.1 Å². The van der Waals surface area contributed by atoms with E-state index in [1.54, 1.807) is 29.2 Å². The van der Waals surface area contributed by atoms with Gasteiger partial charge in [0.15, 0.2) is 5.82 Å². The van der Waals surface area contributed by atoms with Crippen molar-refractivity contribution in [2.45, 2.75) is 6.92 Å². The Balaban J connectivity index is 2.07. The Bertz CT molecular complexity index is 813. The molecule has 2 aromatic heterocycles. The molecule has 0 fully saturated rings. The van der Waals surface area contributed by atoms with Gasteiger partial charge < -0.3 is 5.73 Å². The fourth-order valence-electron chi connectivity index (χ4n) is 2.02. The van der Waals surface area contributed by atoms with Gasteiger partial charge in [-0.25, -0.2) is 14.1 Å². The molecule has 106 valence electrons. The number of halogens is 2. The number of hydrogen-bond donors (Lipinski definition) is 1. The molecule has 0 spiro atoms. The maximum absolute atomic E-state index is 13.3. The number of rotatable bonds is 2. The molecule has 0 amide bonds. The average molecular weight is 347 g/mol. The van der Waals surface area contributed by atoms with Crippen molar-refractivity contribution in [2.75, 3.05) is 5.73 Å². The minimum Gasteiger partial charge on any atom is -0.396 e. The number of aromatic nitrogens is 3. The van der Waals surface area contributed by atoms with Crippen LogP contribution in [0.5, 0.6) is 0 Å². The number of nitrogens with zero attached hydrogens (tertiary/aromatic N) is 3. The first kappa shape index (κ1) is 13.8. The van der Waals surface area contributed by atoms with Gasteiger partial charge in [-0.3, -0.25) is 0 Å². The van der Waals surface area contributed by atoms with E-state index in [0.717, 1.165) is 11.1 Å². The number of aryl methyl sites for hydroxylation is 1. The van der Waals surface area contributed by atoms with Gasteiger partial charge in [-0.2, -0.15) is 5.10 Å². The first-order valence-electron chi connectivity index (χ1n) is 6.28. The van der Waals surface area contributed by atoms with Gasteiger partial charge in [0.25, 0.3) is 0 Å². The molecule has 0 radical (unpaired) electrons. The van der Waals surface area contributed by atoms with E-state index in [2.05, 4.69) is 26.0 Å². The van der Waals surface area contributed by atoms with Crippen LogP contribution in [0.1, 0.15) is 5.56 Å². The molecule has 0 saturated heterocycles. The SMILES string of the molecule is Cc1ccnc(-n2cc(N)c(-c3ccc(F)c(Br)c3)n2)c1. The van der Waals surface area contributed by atoms with Gasteiger partial charge in [-0.15, -0.1) is 0 Å². The lowest BCUT2D eigenvalue weighted by atomic mass is 10.1. The first-order valence-corrected chi connectivity index (χ1v) is 7.07. The van der Waals surface area contributed by atoms with E-state index in [-0.39, 0.29) is 5.82 Å². The largest absolute Gasteiger partial charge is 0.396 e. The van der Waals surface area contributed by atoms with Gasteiger partial charge in [0.05, 0.1) is 16.4 Å². The lowest BCUT2D eigenvalue weighted by molar-refractivity contribution is 0.621. The molecule has 0 bridgehead atoms. The van der Waals surface area contributed by atoms with Gasteiger partial charge in [-0.05, 0) is 58.7 Å². The lowest BCUT2D eigenvalue weighted by Gasteiger charge is -2.02. The zero-order chi connectivity index (χ0) is 15.0. The first-order chi connectivity index (χ1) is 10.0. The monoisotopic (exact) mass is 346 g/mol. The third-order valence-corrected chi connectivity index (χ3v) is 3.68. The summed E-state index contributed by atoms with van der Waals surface area (Å²) >= 11 is 3.17. The fraction of sp³-hybridized carbons (Fsp3) is 0.0667. The Labute approximate surface area is 129 Å². The molecule has 21 heavy (non-hydrogen) atoms. The summed E-state index contributed by atoms with van der Waals surface area (Å²) in [6, 6.07) is 8.50. The van der Waals surface area contributed by atoms with Crippen LogP contribution >= 0.6 is 15.9 Å². The minimum atomic E-state index is -0.322. The van der Waals surface area contributed by atoms with Crippen molar-refractivity contribution in [3.63, 3.8) is 0 Å². The summed E-state index contributed by atoms with van der Waals surface area (Å²) in [5.74, 6) is 0.367. The summed E-state index contributed by atoms with van der Waals surface area (Å²) < 4.78 is 15.3. The van der Waals surface area contributed by atoms with Crippen LogP contribution in [0.25, 0.3) is 17.1 Å². The van der Waals surface area contributed by atoms with E-state index in [0.29, 0.717) is 21.7 Å². The van der Waals surface area contributed by atoms with Crippen molar-refractivity contribution in [3.05, 3.63) is 58.6 Å². The van der Waals surface area contributed by atoms with Crippen LogP contribution < -0.4 is 5.73 Å². The molecule has 0 aliphatic carbocycles. The zero-order valence-corrected chi connectivity index (χ0v) is 12.8. The third kappa shape index (κ3) is 2.67. The lowest BCUT2D eigenvalue weighted by Crippen LogP contribution is -1.98. The van der Waals surface area contributed by atoms with Crippen molar-refractivity contribution < 1.29 is 4.39 Å². The Morgan fingerprint density at radius 1 is 1.24 bits per heavy atom. The second-order valence-corrected chi connectivity index (χ2v) is 5.55. The fourth-order valence-corrected chi connectivity index (χ4v) is 2.40. The highest BCUT2D eigenvalue weighted by Gasteiger charge is 2.12.